The zero-order chi connectivity index (χ0) is 12.4. The Morgan fingerprint density at radius 1 is 0.562 bits per heavy atom. The van der Waals surface area contributed by atoms with Gasteiger partial charge in [0.1, 0.15) is 0 Å². The molecule has 0 saturated heterocycles. The third-order valence-corrected chi connectivity index (χ3v) is 1.49. The van der Waals surface area contributed by atoms with E-state index in [4.69, 9.17) is 0 Å². The average molecular weight is 371 g/mol. The molecule has 0 radical (unpaired) electrons. The number of rotatable bonds is 6. The fourth-order valence-electron chi connectivity index (χ4n) is 0.433. The summed E-state index contributed by atoms with van der Waals surface area (Å²) in [5.74, 6) is 0. The van der Waals surface area contributed by atoms with Gasteiger partial charge in [-0.25, -0.2) is 0 Å². The third-order valence-electron chi connectivity index (χ3n) is 1.49. The Bertz CT molecular complexity index is 53.0. The second-order valence-corrected chi connectivity index (χ2v) is 3.17. The molecule has 0 aliphatic rings. The van der Waals surface area contributed by atoms with Crippen molar-refractivity contribution < 1.29 is 64.7 Å². The Morgan fingerprint density at radius 2 is 0.750 bits per heavy atom. The van der Waals surface area contributed by atoms with Crippen LogP contribution in [0.5, 0.6) is 0 Å². The van der Waals surface area contributed by atoms with Crippen LogP contribution in [0.25, 0.3) is 0 Å². The SMILES string of the molecule is CCCC[O-].CCCC[O-].CCCC[O-].[Eu+3]. The summed E-state index contributed by atoms with van der Waals surface area (Å²) in [6.45, 7) is 6.32. The number of unbranched alkanes of at least 4 members (excludes halogenated alkanes) is 3. The normalized spacial score (nSPS) is 7.88. The molecule has 0 atom stereocenters. The first kappa shape index (κ1) is 26.1. The second-order valence-electron chi connectivity index (χ2n) is 3.17. The van der Waals surface area contributed by atoms with Crippen LogP contribution >= 0.6 is 0 Å². The van der Waals surface area contributed by atoms with E-state index in [-0.39, 0.29) is 69.2 Å². The van der Waals surface area contributed by atoms with Gasteiger partial charge in [-0.2, -0.15) is 0 Å². The van der Waals surface area contributed by atoms with E-state index in [0.29, 0.717) is 0 Å². The van der Waals surface area contributed by atoms with Crippen LogP contribution in [-0.4, -0.2) is 19.8 Å². The van der Waals surface area contributed by atoms with Gasteiger partial charge in [0.25, 0.3) is 0 Å². The Kier molecular flexibility index (Phi) is 58.7. The van der Waals surface area contributed by atoms with E-state index in [2.05, 4.69) is 0 Å². The van der Waals surface area contributed by atoms with Gasteiger partial charge in [-0.15, -0.1) is 19.8 Å². The monoisotopic (exact) mass is 372 g/mol. The van der Waals surface area contributed by atoms with Crippen LogP contribution in [0, 0.1) is 49.4 Å². The molecule has 0 rings (SSSR count). The van der Waals surface area contributed by atoms with Crippen molar-refractivity contribution in [1.82, 2.24) is 0 Å². The topological polar surface area (TPSA) is 69.2 Å². The summed E-state index contributed by atoms with van der Waals surface area (Å²) in [7, 11) is 0. The summed E-state index contributed by atoms with van der Waals surface area (Å²) in [5, 5.41) is 28.6. The van der Waals surface area contributed by atoms with E-state index in [1.807, 2.05) is 20.8 Å². The van der Waals surface area contributed by atoms with Crippen molar-refractivity contribution in [3.05, 3.63) is 0 Å². The number of hydrogen-bond acceptors (Lipinski definition) is 3. The average Bonchev–Trinajstić information content (AvgIpc) is 2.23. The van der Waals surface area contributed by atoms with Gasteiger partial charge in [-0.1, -0.05) is 59.3 Å². The molecule has 0 aliphatic heterocycles. The smallest absolute Gasteiger partial charge is 0.854 e. The van der Waals surface area contributed by atoms with E-state index in [0.717, 1.165) is 38.5 Å². The summed E-state index contributed by atoms with van der Waals surface area (Å²) in [4.78, 5) is 0. The Hall–Kier alpha value is 1.46. The predicted molar refractivity (Wildman–Crippen MR) is 59.3 cm³/mol. The minimum Gasteiger partial charge on any atom is -0.854 e. The van der Waals surface area contributed by atoms with E-state index >= 15 is 0 Å². The fourth-order valence-corrected chi connectivity index (χ4v) is 0.433. The molecule has 0 aromatic heterocycles. The Labute approximate surface area is 142 Å². The van der Waals surface area contributed by atoms with Gasteiger partial charge in [0, 0.05) is 0 Å². The standard InChI is InChI=1S/3C4H9O.Eu/c3*1-2-3-4-5;/h3*2-4H2,1H3;/q3*-1;+3. The fraction of sp³-hybridized carbons (Fsp3) is 1.00. The minimum absolute atomic E-state index is 0. The molecule has 0 unspecified atom stereocenters. The minimum atomic E-state index is 0. The first-order chi connectivity index (χ1) is 7.24. The van der Waals surface area contributed by atoms with E-state index in [9.17, 15) is 15.3 Å². The summed E-state index contributed by atoms with van der Waals surface area (Å²) < 4.78 is 0. The van der Waals surface area contributed by atoms with E-state index in [1.165, 1.54) is 0 Å². The molecule has 0 aromatic carbocycles. The van der Waals surface area contributed by atoms with Crippen LogP contribution in [0.3, 0.4) is 0 Å². The Balaban J connectivity index is -0.0000000655. The maximum Gasteiger partial charge on any atom is 3.00 e. The van der Waals surface area contributed by atoms with Crippen molar-refractivity contribution in [2.24, 2.45) is 0 Å². The molecule has 100 valence electrons. The van der Waals surface area contributed by atoms with Gasteiger partial charge in [0.2, 0.25) is 0 Å². The van der Waals surface area contributed by atoms with Crippen LogP contribution in [0.1, 0.15) is 59.3 Å². The van der Waals surface area contributed by atoms with Gasteiger partial charge < -0.3 is 15.3 Å². The first-order valence-electron chi connectivity index (χ1n) is 5.99. The van der Waals surface area contributed by atoms with E-state index < -0.39 is 0 Å². The van der Waals surface area contributed by atoms with E-state index in [1.54, 1.807) is 0 Å². The van der Waals surface area contributed by atoms with Gasteiger partial charge >= 0.3 is 49.4 Å². The molecule has 0 aliphatic carbocycles. The van der Waals surface area contributed by atoms with Gasteiger partial charge in [-0.05, 0) is 0 Å². The zero-order valence-corrected chi connectivity index (χ0v) is 13.4. The predicted octanol–water partition coefficient (Wildman–Crippen LogP) is 0.440. The van der Waals surface area contributed by atoms with Crippen molar-refractivity contribution in [3.63, 3.8) is 0 Å². The number of hydrogen-bond donors (Lipinski definition) is 0. The largest absolute Gasteiger partial charge is 3.00 e. The van der Waals surface area contributed by atoms with Crippen LogP contribution < -0.4 is 15.3 Å². The molecule has 3 nitrogen and oxygen atoms in total. The summed E-state index contributed by atoms with van der Waals surface area (Å²) in [6.07, 6.45) is 5.59. The molecule has 0 heterocycles. The third kappa shape index (κ3) is 58.1. The van der Waals surface area contributed by atoms with Crippen molar-refractivity contribution in [2.75, 3.05) is 19.8 Å². The maximum atomic E-state index is 9.53. The summed E-state index contributed by atoms with van der Waals surface area (Å²) in [6, 6.07) is 0. The quantitative estimate of drug-likeness (QED) is 0.681. The van der Waals surface area contributed by atoms with Crippen molar-refractivity contribution in [1.29, 1.82) is 0 Å². The van der Waals surface area contributed by atoms with Crippen LogP contribution in [-0.2, 0) is 0 Å². The zero-order valence-electron chi connectivity index (χ0n) is 11.0. The molecule has 0 bridgehead atoms. The molecule has 16 heavy (non-hydrogen) atoms. The van der Waals surface area contributed by atoms with Gasteiger partial charge in [0.05, 0.1) is 0 Å². The van der Waals surface area contributed by atoms with Crippen molar-refractivity contribution >= 4 is 0 Å². The molecular weight excluding hydrogens is 344 g/mol. The molecule has 0 fully saturated rings. The molecule has 0 amide bonds. The molecule has 0 aromatic rings. The molecule has 4 heteroatoms. The van der Waals surface area contributed by atoms with Gasteiger partial charge in [0.15, 0.2) is 0 Å². The molecule has 0 N–H and O–H groups in total. The maximum absolute atomic E-state index is 9.53. The molecule has 0 spiro atoms. The van der Waals surface area contributed by atoms with Crippen LogP contribution in [0.4, 0.5) is 0 Å². The van der Waals surface area contributed by atoms with Crippen LogP contribution in [0.2, 0.25) is 0 Å². The second kappa shape index (κ2) is 36.0. The molecular formula is C12H27EuO3. The molecule has 0 saturated carbocycles. The first-order valence-corrected chi connectivity index (χ1v) is 5.99. The Morgan fingerprint density at radius 3 is 0.750 bits per heavy atom. The van der Waals surface area contributed by atoms with Crippen molar-refractivity contribution in [2.45, 2.75) is 59.3 Å². The summed E-state index contributed by atoms with van der Waals surface area (Å²) >= 11 is 0. The van der Waals surface area contributed by atoms with Crippen LogP contribution in [0.15, 0.2) is 0 Å². The van der Waals surface area contributed by atoms with Gasteiger partial charge in [-0.3, -0.25) is 0 Å². The van der Waals surface area contributed by atoms with Crippen molar-refractivity contribution in [3.8, 4) is 0 Å². The summed E-state index contributed by atoms with van der Waals surface area (Å²) in [5.41, 5.74) is 0.